The third kappa shape index (κ3) is 4.07. The second-order valence-corrected chi connectivity index (χ2v) is 5.31. The van der Waals surface area contributed by atoms with Crippen molar-refractivity contribution in [2.75, 3.05) is 26.2 Å². The molecule has 114 valence electrons. The van der Waals surface area contributed by atoms with Gasteiger partial charge in [0.2, 0.25) is 0 Å². The minimum atomic E-state index is -4.49. The molecule has 1 N–H and O–H groups in total. The number of hydrogen-bond donors (Lipinski definition) is 1. The second kappa shape index (κ2) is 7.06. The molecule has 0 spiro atoms. The Bertz CT molecular complexity index is 450. The first kappa shape index (κ1) is 17.7. The third-order valence-electron chi connectivity index (χ3n) is 3.08. The predicted octanol–water partition coefficient (Wildman–Crippen LogP) is 3.52. The summed E-state index contributed by atoms with van der Waals surface area (Å²) in [6.45, 7) is 1.45. The number of piperazine rings is 1. The molecule has 1 aromatic carbocycles. The fraction of sp³-hybridized carbons (Fsp3) is 0.500. The maximum atomic E-state index is 13.8. The van der Waals surface area contributed by atoms with Gasteiger partial charge in [0.05, 0.1) is 0 Å². The average molecular weight is 378 g/mol. The molecule has 1 saturated heterocycles. The van der Waals surface area contributed by atoms with E-state index in [1.54, 1.807) is 0 Å². The molecule has 0 bridgehead atoms. The summed E-state index contributed by atoms with van der Waals surface area (Å²) in [4.78, 5) is 1.27. The van der Waals surface area contributed by atoms with E-state index >= 15 is 0 Å². The lowest BCUT2D eigenvalue weighted by atomic mass is 10.0. The van der Waals surface area contributed by atoms with Crippen molar-refractivity contribution in [1.29, 1.82) is 0 Å². The quantitative estimate of drug-likeness (QED) is 0.794. The van der Waals surface area contributed by atoms with Crippen molar-refractivity contribution >= 4 is 28.3 Å². The van der Waals surface area contributed by atoms with Gasteiger partial charge in [-0.25, -0.2) is 4.39 Å². The van der Waals surface area contributed by atoms with Crippen molar-refractivity contribution in [3.8, 4) is 0 Å². The largest absolute Gasteiger partial charge is 0.408 e. The SMILES string of the molecule is Cl.Fc1cc(Br)ccc1[C@H](N1CCNCC1)C(F)(F)F. The highest BCUT2D eigenvalue weighted by Gasteiger charge is 2.46. The van der Waals surface area contributed by atoms with Crippen molar-refractivity contribution in [1.82, 2.24) is 10.2 Å². The molecule has 1 fully saturated rings. The highest BCUT2D eigenvalue weighted by atomic mass is 79.9. The van der Waals surface area contributed by atoms with E-state index in [0.29, 0.717) is 17.6 Å². The van der Waals surface area contributed by atoms with Crippen LogP contribution >= 0.6 is 28.3 Å². The van der Waals surface area contributed by atoms with Gasteiger partial charge in [-0.2, -0.15) is 13.2 Å². The Hall–Kier alpha value is -0.370. The first-order valence-electron chi connectivity index (χ1n) is 5.86. The smallest absolute Gasteiger partial charge is 0.314 e. The summed E-state index contributed by atoms with van der Waals surface area (Å²) in [7, 11) is 0. The zero-order valence-electron chi connectivity index (χ0n) is 10.4. The first-order valence-corrected chi connectivity index (χ1v) is 6.65. The van der Waals surface area contributed by atoms with E-state index in [-0.39, 0.29) is 31.1 Å². The van der Waals surface area contributed by atoms with Crippen LogP contribution in [0.3, 0.4) is 0 Å². The molecule has 20 heavy (non-hydrogen) atoms. The van der Waals surface area contributed by atoms with Crippen LogP contribution in [0.4, 0.5) is 17.6 Å². The van der Waals surface area contributed by atoms with E-state index in [0.717, 1.165) is 6.07 Å². The van der Waals surface area contributed by atoms with Crippen LogP contribution in [0.25, 0.3) is 0 Å². The topological polar surface area (TPSA) is 15.3 Å². The lowest BCUT2D eigenvalue weighted by Crippen LogP contribution is -2.49. The Balaban J connectivity index is 0.00000200. The van der Waals surface area contributed by atoms with E-state index in [1.807, 2.05) is 0 Å². The second-order valence-electron chi connectivity index (χ2n) is 4.40. The van der Waals surface area contributed by atoms with Gasteiger partial charge >= 0.3 is 6.18 Å². The van der Waals surface area contributed by atoms with Crippen LogP contribution in [-0.2, 0) is 0 Å². The zero-order valence-corrected chi connectivity index (χ0v) is 12.8. The summed E-state index contributed by atoms with van der Waals surface area (Å²) in [5.41, 5.74) is -0.322. The Labute approximate surface area is 129 Å². The van der Waals surface area contributed by atoms with E-state index in [4.69, 9.17) is 0 Å². The first-order chi connectivity index (χ1) is 8.89. The number of nitrogens with zero attached hydrogens (tertiary/aromatic N) is 1. The normalized spacial score (nSPS) is 18.4. The average Bonchev–Trinajstić information content (AvgIpc) is 2.32. The molecule has 2 nitrogen and oxygen atoms in total. The number of rotatable bonds is 2. The van der Waals surface area contributed by atoms with Crippen LogP contribution in [0.1, 0.15) is 11.6 Å². The molecule has 1 atom stereocenters. The van der Waals surface area contributed by atoms with Gasteiger partial charge < -0.3 is 5.32 Å². The number of hydrogen-bond acceptors (Lipinski definition) is 2. The monoisotopic (exact) mass is 376 g/mol. The molecule has 0 amide bonds. The van der Waals surface area contributed by atoms with E-state index < -0.39 is 18.0 Å². The maximum Gasteiger partial charge on any atom is 0.408 e. The van der Waals surface area contributed by atoms with Crippen molar-refractivity contribution < 1.29 is 17.6 Å². The van der Waals surface area contributed by atoms with Gasteiger partial charge in [-0.05, 0) is 12.1 Å². The molecule has 0 aromatic heterocycles. The van der Waals surface area contributed by atoms with Crippen LogP contribution in [0, 0.1) is 5.82 Å². The van der Waals surface area contributed by atoms with Crippen LogP contribution in [0.15, 0.2) is 22.7 Å². The van der Waals surface area contributed by atoms with Gasteiger partial charge in [0, 0.05) is 36.2 Å². The van der Waals surface area contributed by atoms with Crippen molar-refractivity contribution in [3.05, 3.63) is 34.1 Å². The number of alkyl halides is 3. The standard InChI is InChI=1S/C12H13BrF4N2.ClH/c13-8-1-2-9(10(14)7-8)11(12(15,16)17)19-5-3-18-4-6-19;/h1-2,7,11,18H,3-6H2;1H/t11-;/m0./s1. The van der Waals surface area contributed by atoms with E-state index in [9.17, 15) is 17.6 Å². The summed E-state index contributed by atoms with van der Waals surface area (Å²) in [5, 5.41) is 2.99. The number of halogens is 6. The summed E-state index contributed by atoms with van der Waals surface area (Å²) >= 11 is 3.05. The molecule has 0 unspecified atom stereocenters. The van der Waals surface area contributed by atoms with Crippen molar-refractivity contribution in [3.63, 3.8) is 0 Å². The fourth-order valence-electron chi connectivity index (χ4n) is 2.24. The molecular weight excluding hydrogens is 363 g/mol. The van der Waals surface area contributed by atoms with Crippen LogP contribution in [0.5, 0.6) is 0 Å². The van der Waals surface area contributed by atoms with Gasteiger partial charge in [0.1, 0.15) is 11.9 Å². The molecular formula is C12H14BrClF4N2. The third-order valence-corrected chi connectivity index (χ3v) is 3.58. The van der Waals surface area contributed by atoms with Gasteiger partial charge in [-0.3, -0.25) is 4.90 Å². The Morgan fingerprint density at radius 2 is 1.80 bits per heavy atom. The summed E-state index contributed by atoms with van der Waals surface area (Å²) in [5.74, 6) is -0.838. The molecule has 0 saturated carbocycles. The molecule has 0 radical (unpaired) electrons. The Morgan fingerprint density at radius 3 is 2.30 bits per heavy atom. The minimum Gasteiger partial charge on any atom is -0.314 e. The predicted molar refractivity (Wildman–Crippen MR) is 74.6 cm³/mol. The summed E-state index contributed by atoms with van der Waals surface area (Å²) < 4.78 is 53.9. The van der Waals surface area contributed by atoms with Crippen LogP contribution in [0.2, 0.25) is 0 Å². The Morgan fingerprint density at radius 1 is 1.20 bits per heavy atom. The number of benzene rings is 1. The number of nitrogens with one attached hydrogen (secondary N) is 1. The van der Waals surface area contributed by atoms with E-state index in [1.165, 1.54) is 17.0 Å². The van der Waals surface area contributed by atoms with Crippen molar-refractivity contribution in [2.45, 2.75) is 12.2 Å². The molecule has 0 aliphatic carbocycles. The maximum absolute atomic E-state index is 13.8. The van der Waals surface area contributed by atoms with Gasteiger partial charge in [0.15, 0.2) is 0 Å². The van der Waals surface area contributed by atoms with Crippen LogP contribution < -0.4 is 5.32 Å². The van der Waals surface area contributed by atoms with Gasteiger partial charge in [-0.1, -0.05) is 22.0 Å². The van der Waals surface area contributed by atoms with Gasteiger partial charge in [-0.15, -0.1) is 12.4 Å². The Kier molecular flexibility index (Phi) is 6.25. The molecule has 1 aliphatic heterocycles. The van der Waals surface area contributed by atoms with Gasteiger partial charge in [0.25, 0.3) is 0 Å². The molecule has 2 rings (SSSR count). The molecule has 1 heterocycles. The molecule has 1 aromatic rings. The highest BCUT2D eigenvalue weighted by Crippen LogP contribution is 2.39. The molecule has 8 heteroatoms. The van der Waals surface area contributed by atoms with Crippen molar-refractivity contribution in [2.24, 2.45) is 0 Å². The van der Waals surface area contributed by atoms with E-state index in [2.05, 4.69) is 21.2 Å². The lowest BCUT2D eigenvalue weighted by Gasteiger charge is -2.36. The lowest BCUT2D eigenvalue weighted by molar-refractivity contribution is -0.188. The summed E-state index contributed by atoms with van der Waals surface area (Å²) in [6, 6.07) is 1.80. The zero-order chi connectivity index (χ0) is 14.0. The fourth-order valence-corrected chi connectivity index (χ4v) is 2.58. The minimum absolute atomic E-state index is 0. The molecule has 1 aliphatic rings. The highest BCUT2D eigenvalue weighted by molar-refractivity contribution is 9.10. The summed E-state index contributed by atoms with van der Waals surface area (Å²) in [6.07, 6.45) is -4.49. The van der Waals surface area contributed by atoms with Crippen LogP contribution in [-0.4, -0.2) is 37.3 Å².